The Morgan fingerprint density at radius 1 is 1.05 bits per heavy atom. The van der Waals surface area contributed by atoms with Crippen molar-refractivity contribution in [3.05, 3.63) is 0 Å². The van der Waals surface area contributed by atoms with Crippen LogP contribution in [0.1, 0.15) is 47.5 Å². The molecule has 1 unspecified atom stereocenters. The first-order valence-corrected chi connectivity index (χ1v) is 7.45. The molecule has 2 N–H and O–H groups in total. The van der Waals surface area contributed by atoms with Crippen LogP contribution in [0.4, 0.5) is 0 Å². The predicted molar refractivity (Wildman–Crippen MR) is 80.5 cm³/mol. The molecule has 0 spiro atoms. The summed E-state index contributed by atoms with van der Waals surface area (Å²) >= 11 is 0. The summed E-state index contributed by atoms with van der Waals surface area (Å²) in [6.45, 7) is 10.2. The fourth-order valence-electron chi connectivity index (χ4n) is 1.83. The van der Waals surface area contributed by atoms with Gasteiger partial charge in [0.05, 0.1) is 6.61 Å². The number of hydrogen-bond acceptors (Lipinski definition) is 4. The van der Waals surface area contributed by atoms with E-state index in [1.54, 1.807) is 6.92 Å². The minimum absolute atomic E-state index is 0.111. The first-order chi connectivity index (χ1) is 9.73. The van der Waals surface area contributed by atoms with Crippen LogP contribution in [-0.4, -0.2) is 37.5 Å². The van der Waals surface area contributed by atoms with Crippen molar-refractivity contribution in [2.24, 2.45) is 11.3 Å². The first kappa shape index (κ1) is 19.4. The van der Waals surface area contributed by atoms with Crippen molar-refractivity contribution in [1.82, 2.24) is 10.6 Å². The fraction of sp³-hybridized carbons (Fsp3) is 0.800. The number of nitrogens with one attached hydrogen (secondary N) is 2. The highest BCUT2D eigenvalue weighted by molar-refractivity contribution is 5.98. The monoisotopic (exact) mass is 300 g/mol. The van der Waals surface area contributed by atoms with Gasteiger partial charge in [-0.25, -0.2) is 0 Å². The topological polar surface area (TPSA) is 84.5 Å². The Morgan fingerprint density at radius 2 is 1.67 bits per heavy atom. The number of esters is 1. The molecule has 6 nitrogen and oxygen atoms in total. The van der Waals surface area contributed by atoms with Gasteiger partial charge in [0.1, 0.15) is 5.92 Å². The van der Waals surface area contributed by atoms with Crippen LogP contribution >= 0.6 is 0 Å². The van der Waals surface area contributed by atoms with E-state index in [2.05, 4.69) is 10.6 Å². The molecule has 0 saturated heterocycles. The highest BCUT2D eigenvalue weighted by Gasteiger charge is 2.38. The van der Waals surface area contributed by atoms with Crippen LogP contribution in [0.15, 0.2) is 0 Å². The van der Waals surface area contributed by atoms with Crippen molar-refractivity contribution in [3.63, 3.8) is 0 Å². The Bertz CT molecular complexity index is 361. The molecule has 0 heterocycles. The van der Waals surface area contributed by atoms with Crippen molar-refractivity contribution < 1.29 is 19.1 Å². The molecule has 0 aromatic rings. The quantitative estimate of drug-likeness (QED) is 0.522. The molecule has 1 atom stereocenters. The lowest BCUT2D eigenvalue weighted by Crippen LogP contribution is -2.44. The second-order valence-electron chi connectivity index (χ2n) is 5.94. The van der Waals surface area contributed by atoms with Crippen LogP contribution in [-0.2, 0) is 19.1 Å². The normalized spacial score (nSPS) is 12.4. The zero-order valence-corrected chi connectivity index (χ0v) is 13.7. The minimum atomic E-state index is -0.879. The van der Waals surface area contributed by atoms with Crippen LogP contribution < -0.4 is 10.6 Å². The van der Waals surface area contributed by atoms with E-state index in [0.717, 1.165) is 6.42 Å². The Balaban J connectivity index is 4.43. The Morgan fingerprint density at radius 3 is 2.14 bits per heavy atom. The molecule has 0 aliphatic rings. The van der Waals surface area contributed by atoms with Gasteiger partial charge in [0.15, 0.2) is 0 Å². The third kappa shape index (κ3) is 7.68. The van der Waals surface area contributed by atoms with Crippen LogP contribution in [0.3, 0.4) is 0 Å². The number of hydrogen-bond donors (Lipinski definition) is 2. The second-order valence-corrected chi connectivity index (χ2v) is 5.94. The number of rotatable bonds is 8. The van der Waals surface area contributed by atoms with E-state index in [1.807, 2.05) is 27.7 Å². The number of ether oxygens (including phenoxy) is 1. The molecule has 0 rings (SSSR count). The van der Waals surface area contributed by atoms with Gasteiger partial charge in [0.2, 0.25) is 11.8 Å². The van der Waals surface area contributed by atoms with Crippen LogP contribution in [0.5, 0.6) is 0 Å². The Labute approximate surface area is 127 Å². The molecule has 0 saturated carbocycles. The first-order valence-electron chi connectivity index (χ1n) is 7.45. The third-order valence-electron chi connectivity index (χ3n) is 2.87. The SMILES string of the molecule is CCCNC(=O)CCNC(=O)C(C(=O)OCC)C(C)(C)C. The van der Waals surface area contributed by atoms with E-state index >= 15 is 0 Å². The van der Waals surface area contributed by atoms with Crippen molar-refractivity contribution >= 4 is 17.8 Å². The zero-order valence-electron chi connectivity index (χ0n) is 13.7. The summed E-state index contributed by atoms with van der Waals surface area (Å²) in [6.07, 6.45) is 1.07. The molecule has 0 aliphatic heterocycles. The molecular weight excluding hydrogens is 272 g/mol. The maximum Gasteiger partial charge on any atom is 0.319 e. The lowest BCUT2D eigenvalue weighted by Gasteiger charge is -2.27. The molecule has 122 valence electrons. The summed E-state index contributed by atoms with van der Waals surface area (Å²) in [5.74, 6) is -1.92. The molecule has 0 aromatic carbocycles. The van der Waals surface area contributed by atoms with Gasteiger partial charge in [-0.15, -0.1) is 0 Å². The molecule has 21 heavy (non-hydrogen) atoms. The average molecular weight is 300 g/mol. The molecule has 0 radical (unpaired) electrons. The van der Waals surface area contributed by atoms with Gasteiger partial charge >= 0.3 is 5.97 Å². The standard InChI is InChI=1S/C15H28N2O4/c1-6-9-16-11(18)8-10-17-13(19)12(15(3,4)5)14(20)21-7-2/h12H,6-10H2,1-5H3,(H,16,18)(H,17,19). The van der Waals surface area contributed by atoms with Crippen molar-refractivity contribution in [2.45, 2.75) is 47.5 Å². The average Bonchev–Trinajstić information content (AvgIpc) is 2.35. The minimum Gasteiger partial charge on any atom is -0.465 e. The van der Waals surface area contributed by atoms with Gasteiger partial charge in [0, 0.05) is 19.5 Å². The third-order valence-corrected chi connectivity index (χ3v) is 2.87. The van der Waals surface area contributed by atoms with Crippen LogP contribution in [0.2, 0.25) is 0 Å². The lowest BCUT2D eigenvalue weighted by molar-refractivity contribution is -0.156. The van der Waals surface area contributed by atoms with E-state index in [1.165, 1.54) is 0 Å². The molecular formula is C15H28N2O4. The van der Waals surface area contributed by atoms with Gasteiger partial charge in [0.25, 0.3) is 0 Å². The largest absolute Gasteiger partial charge is 0.465 e. The van der Waals surface area contributed by atoms with Gasteiger partial charge in [-0.05, 0) is 18.8 Å². The van der Waals surface area contributed by atoms with E-state index in [-0.39, 0.29) is 25.5 Å². The smallest absolute Gasteiger partial charge is 0.319 e. The highest BCUT2D eigenvalue weighted by atomic mass is 16.5. The Hall–Kier alpha value is -1.59. The van der Waals surface area contributed by atoms with Crippen molar-refractivity contribution in [3.8, 4) is 0 Å². The zero-order chi connectivity index (χ0) is 16.5. The summed E-state index contributed by atoms with van der Waals surface area (Å²) in [7, 11) is 0. The number of amides is 2. The molecule has 0 aromatic heterocycles. The molecule has 6 heteroatoms. The summed E-state index contributed by atoms with van der Waals surface area (Å²) < 4.78 is 4.95. The van der Waals surface area contributed by atoms with E-state index < -0.39 is 23.2 Å². The fourth-order valence-corrected chi connectivity index (χ4v) is 1.83. The van der Waals surface area contributed by atoms with Crippen molar-refractivity contribution in [2.75, 3.05) is 19.7 Å². The number of carbonyl (C=O) groups is 3. The lowest BCUT2D eigenvalue weighted by atomic mass is 9.80. The van der Waals surface area contributed by atoms with Gasteiger partial charge in [-0.2, -0.15) is 0 Å². The van der Waals surface area contributed by atoms with E-state index in [4.69, 9.17) is 4.74 Å². The van der Waals surface area contributed by atoms with E-state index in [0.29, 0.717) is 6.54 Å². The number of carbonyl (C=O) groups excluding carboxylic acids is 3. The van der Waals surface area contributed by atoms with Gasteiger partial charge in [-0.1, -0.05) is 27.7 Å². The molecule has 0 fully saturated rings. The maximum atomic E-state index is 12.2. The second kappa shape index (κ2) is 9.37. The summed E-state index contributed by atoms with van der Waals surface area (Å²) in [5, 5.41) is 5.36. The van der Waals surface area contributed by atoms with Crippen LogP contribution in [0.25, 0.3) is 0 Å². The maximum absolute atomic E-state index is 12.2. The van der Waals surface area contributed by atoms with Gasteiger partial charge < -0.3 is 15.4 Å². The summed E-state index contributed by atoms with van der Waals surface area (Å²) in [4.78, 5) is 35.5. The van der Waals surface area contributed by atoms with Crippen molar-refractivity contribution in [1.29, 1.82) is 0 Å². The predicted octanol–water partition coefficient (Wildman–Crippen LogP) is 1.24. The molecule has 0 aliphatic carbocycles. The summed E-state index contributed by atoms with van der Waals surface area (Å²) in [5.41, 5.74) is -0.541. The Kier molecular flexibility index (Phi) is 8.66. The molecule has 2 amide bonds. The summed E-state index contributed by atoms with van der Waals surface area (Å²) in [6, 6.07) is 0. The molecule has 0 bridgehead atoms. The highest BCUT2D eigenvalue weighted by Crippen LogP contribution is 2.27. The van der Waals surface area contributed by atoms with Crippen LogP contribution in [0, 0.1) is 11.3 Å². The van der Waals surface area contributed by atoms with Gasteiger partial charge in [-0.3, -0.25) is 14.4 Å². The van der Waals surface area contributed by atoms with E-state index in [9.17, 15) is 14.4 Å².